The number of rotatable bonds is 2. The Balaban J connectivity index is 3.70. The standard InChI is InChI=1S/C9H6F6N2O2/c10-8(11,12)5-1-4(3-16)7(17(18)19)6(2-5)9(13,14)15/h1-2H,3,16H2. The third kappa shape index (κ3) is 3.13. The average Bonchev–Trinajstić information content (AvgIpc) is 2.24. The van der Waals surface area contributed by atoms with Crippen molar-refractivity contribution in [3.63, 3.8) is 0 Å². The van der Waals surface area contributed by atoms with Gasteiger partial charge < -0.3 is 5.73 Å². The predicted molar refractivity (Wildman–Crippen MR) is 51.0 cm³/mol. The molecule has 4 nitrogen and oxygen atoms in total. The van der Waals surface area contributed by atoms with Gasteiger partial charge in [0.1, 0.15) is 5.56 Å². The van der Waals surface area contributed by atoms with Gasteiger partial charge in [0.2, 0.25) is 0 Å². The van der Waals surface area contributed by atoms with Crippen molar-refractivity contribution < 1.29 is 31.3 Å². The van der Waals surface area contributed by atoms with E-state index >= 15 is 0 Å². The van der Waals surface area contributed by atoms with Gasteiger partial charge >= 0.3 is 12.4 Å². The molecule has 0 aromatic heterocycles. The quantitative estimate of drug-likeness (QED) is 0.516. The third-order valence-corrected chi connectivity index (χ3v) is 2.22. The molecule has 0 saturated carbocycles. The van der Waals surface area contributed by atoms with Crippen LogP contribution in [0.15, 0.2) is 12.1 Å². The van der Waals surface area contributed by atoms with Gasteiger partial charge in [0.25, 0.3) is 5.69 Å². The van der Waals surface area contributed by atoms with Crippen molar-refractivity contribution in [1.82, 2.24) is 0 Å². The fraction of sp³-hybridized carbons (Fsp3) is 0.333. The van der Waals surface area contributed by atoms with Crippen LogP contribution in [0.1, 0.15) is 16.7 Å². The highest BCUT2D eigenvalue weighted by molar-refractivity contribution is 5.52. The predicted octanol–water partition coefficient (Wildman–Crippen LogP) is 3.09. The largest absolute Gasteiger partial charge is 0.423 e. The molecule has 2 N–H and O–H groups in total. The molecule has 0 unspecified atom stereocenters. The highest BCUT2D eigenvalue weighted by Gasteiger charge is 2.43. The molecule has 0 aliphatic heterocycles. The molecule has 0 amide bonds. The van der Waals surface area contributed by atoms with Crippen LogP contribution in [0.4, 0.5) is 32.0 Å². The number of nitro groups is 1. The van der Waals surface area contributed by atoms with Crippen LogP contribution < -0.4 is 5.73 Å². The molecule has 10 heteroatoms. The normalized spacial score (nSPS) is 12.6. The fourth-order valence-electron chi connectivity index (χ4n) is 1.45. The SMILES string of the molecule is NCc1cc(C(F)(F)F)cc(C(F)(F)F)c1[N+](=O)[O-]. The van der Waals surface area contributed by atoms with Crippen molar-refractivity contribution in [2.24, 2.45) is 5.73 Å². The van der Waals surface area contributed by atoms with Crippen molar-refractivity contribution in [3.8, 4) is 0 Å². The summed E-state index contributed by atoms with van der Waals surface area (Å²) in [7, 11) is 0. The van der Waals surface area contributed by atoms with Crippen LogP contribution in [0, 0.1) is 10.1 Å². The zero-order valence-corrected chi connectivity index (χ0v) is 8.97. The van der Waals surface area contributed by atoms with Crippen molar-refractivity contribution in [2.45, 2.75) is 18.9 Å². The first-order valence-corrected chi connectivity index (χ1v) is 4.64. The molecular weight excluding hydrogens is 282 g/mol. The average molecular weight is 288 g/mol. The lowest BCUT2D eigenvalue weighted by Gasteiger charge is -2.14. The maximum Gasteiger partial charge on any atom is 0.423 e. The number of benzene rings is 1. The van der Waals surface area contributed by atoms with Gasteiger partial charge in [-0.2, -0.15) is 26.3 Å². The molecular formula is C9H6F6N2O2. The van der Waals surface area contributed by atoms with Gasteiger partial charge in [-0.05, 0) is 12.1 Å². The van der Waals surface area contributed by atoms with Crippen LogP contribution in [0.25, 0.3) is 0 Å². The topological polar surface area (TPSA) is 69.2 Å². The van der Waals surface area contributed by atoms with Crippen LogP contribution in [-0.2, 0) is 18.9 Å². The Bertz CT molecular complexity index is 509. The smallest absolute Gasteiger partial charge is 0.326 e. The summed E-state index contributed by atoms with van der Waals surface area (Å²) in [5.41, 5.74) is -0.907. The molecule has 0 heterocycles. The molecule has 19 heavy (non-hydrogen) atoms. The highest BCUT2D eigenvalue weighted by atomic mass is 19.4. The van der Waals surface area contributed by atoms with Crippen LogP contribution in [0.3, 0.4) is 0 Å². The summed E-state index contributed by atoms with van der Waals surface area (Å²) < 4.78 is 75.0. The summed E-state index contributed by atoms with van der Waals surface area (Å²) in [6, 6.07) is -0.0509. The Labute approximate surface area is 102 Å². The van der Waals surface area contributed by atoms with Crippen molar-refractivity contribution in [1.29, 1.82) is 0 Å². The second kappa shape index (κ2) is 4.68. The zero-order chi connectivity index (χ0) is 15.0. The minimum absolute atomic E-state index is 0.243. The summed E-state index contributed by atoms with van der Waals surface area (Å²) in [5.74, 6) is 0. The van der Waals surface area contributed by atoms with Gasteiger partial charge in [0, 0.05) is 12.1 Å². The van der Waals surface area contributed by atoms with E-state index in [0.717, 1.165) is 0 Å². The van der Waals surface area contributed by atoms with E-state index in [0.29, 0.717) is 0 Å². The number of hydrogen-bond donors (Lipinski definition) is 1. The van der Waals surface area contributed by atoms with E-state index in [1.165, 1.54) is 0 Å². The van der Waals surface area contributed by atoms with E-state index in [1.54, 1.807) is 0 Å². The Morgan fingerprint density at radius 1 is 1.11 bits per heavy atom. The molecule has 1 rings (SSSR count). The summed E-state index contributed by atoms with van der Waals surface area (Å²) in [6.07, 6.45) is -10.3. The maximum atomic E-state index is 12.6. The Hall–Kier alpha value is -1.84. The van der Waals surface area contributed by atoms with Crippen LogP contribution in [0.5, 0.6) is 0 Å². The Kier molecular flexibility index (Phi) is 3.75. The van der Waals surface area contributed by atoms with Crippen molar-refractivity contribution in [3.05, 3.63) is 38.9 Å². The zero-order valence-electron chi connectivity index (χ0n) is 8.97. The third-order valence-electron chi connectivity index (χ3n) is 2.22. The van der Waals surface area contributed by atoms with E-state index in [9.17, 15) is 36.5 Å². The summed E-state index contributed by atoms with van der Waals surface area (Å²) in [4.78, 5) is 9.18. The molecule has 0 spiro atoms. The van der Waals surface area contributed by atoms with Crippen LogP contribution >= 0.6 is 0 Å². The number of hydrogen-bond acceptors (Lipinski definition) is 3. The summed E-state index contributed by atoms with van der Waals surface area (Å²) in [5, 5.41) is 10.6. The van der Waals surface area contributed by atoms with E-state index in [1.807, 2.05) is 0 Å². The maximum absolute atomic E-state index is 12.6. The number of alkyl halides is 6. The lowest BCUT2D eigenvalue weighted by atomic mass is 10.0. The van der Waals surface area contributed by atoms with Gasteiger partial charge in [0.05, 0.1) is 10.5 Å². The molecule has 1 aromatic carbocycles. The van der Waals surface area contributed by atoms with Gasteiger partial charge in [0.15, 0.2) is 0 Å². The molecule has 0 atom stereocenters. The number of nitrogens with two attached hydrogens (primary N) is 1. The molecule has 0 aliphatic rings. The summed E-state index contributed by atoms with van der Waals surface area (Å²) in [6.45, 7) is -0.816. The number of nitro benzene ring substituents is 1. The lowest BCUT2D eigenvalue weighted by Crippen LogP contribution is -2.16. The number of halogens is 6. The van der Waals surface area contributed by atoms with Crippen LogP contribution in [-0.4, -0.2) is 4.92 Å². The molecule has 0 bridgehead atoms. The molecule has 0 radical (unpaired) electrons. The Morgan fingerprint density at radius 3 is 1.95 bits per heavy atom. The van der Waals surface area contributed by atoms with Gasteiger partial charge in [-0.15, -0.1) is 0 Å². The fourth-order valence-corrected chi connectivity index (χ4v) is 1.45. The molecule has 0 fully saturated rings. The Morgan fingerprint density at radius 2 is 1.63 bits per heavy atom. The van der Waals surface area contributed by atoms with E-state index < -0.39 is 46.2 Å². The molecule has 0 saturated heterocycles. The van der Waals surface area contributed by atoms with Gasteiger partial charge in [-0.3, -0.25) is 10.1 Å². The van der Waals surface area contributed by atoms with E-state index in [2.05, 4.69) is 0 Å². The van der Waals surface area contributed by atoms with Gasteiger partial charge in [-0.1, -0.05) is 0 Å². The van der Waals surface area contributed by atoms with E-state index in [-0.39, 0.29) is 12.1 Å². The molecule has 0 aliphatic carbocycles. The lowest BCUT2D eigenvalue weighted by molar-refractivity contribution is -0.388. The minimum atomic E-state index is -5.28. The first-order valence-electron chi connectivity index (χ1n) is 4.64. The van der Waals surface area contributed by atoms with Crippen molar-refractivity contribution >= 4 is 5.69 Å². The minimum Gasteiger partial charge on any atom is -0.326 e. The molecule has 1 aromatic rings. The first kappa shape index (κ1) is 15.2. The number of nitrogens with zero attached hydrogens (tertiary/aromatic N) is 1. The van der Waals surface area contributed by atoms with Gasteiger partial charge in [-0.25, -0.2) is 0 Å². The molecule has 106 valence electrons. The highest BCUT2D eigenvalue weighted by Crippen LogP contribution is 2.42. The van der Waals surface area contributed by atoms with Crippen molar-refractivity contribution in [2.75, 3.05) is 0 Å². The van der Waals surface area contributed by atoms with E-state index in [4.69, 9.17) is 5.73 Å². The second-order valence-electron chi connectivity index (χ2n) is 3.49. The monoisotopic (exact) mass is 288 g/mol. The first-order chi connectivity index (χ1) is 8.48. The second-order valence-corrected chi connectivity index (χ2v) is 3.49. The summed E-state index contributed by atoms with van der Waals surface area (Å²) >= 11 is 0. The van der Waals surface area contributed by atoms with Crippen LogP contribution in [0.2, 0.25) is 0 Å².